The Hall–Kier alpha value is -2.11. The zero-order valence-corrected chi connectivity index (χ0v) is 13.7. The van der Waals surface area contributed by atoms with Crippen molar-refractivity contribution in [3.05, 3.63) is 65.2 Å². The van der Waals surface area contributed by atoms with E-state index in [4.69, 9.17) is 10.8 Å². The van der Waals surface area contributed by atoms with Crippen LogP contribution in [0.25, 0.3) is 0 Å². The minimum absolute atomic E-state index is 0.0351. The molecule has 0 aliphatic carbocycles. The Bertz CT molecular complexity index is 712. The maximum atomic E-state index is 12.6. The van der Waals surface area contributed by atoms with Crippen molar-refractivity contribution in [3.63, 3.8) is 0 Å². The van der Waals surface area contributed by atoms with Gasteiger partial charge in [-0.25, -0.2) is 0 Å². The summed E-state index contributed by atoms with van der Waals surface area (Å²) in [7, 11) is 1.02. The lowest BCUT2D eigenvalue weighted by molar-refractivity contribution is 0.0713. The van der Waals surface area contributed by atoms with Crippen LogP contribution in [0, 0.1) is 0 Å². The van der Waals surface area contributed by atoms with Gasteiger partial charge in [-0.15, -0.1) is 0 Å². The average molecular weight is 321 g/mol. The van der Waals surface area contributed by atoms with E-state index in [0.29, 0.717) is 23.5 Å². The first-order valence-corrected chi connectivity index (χ1v) is 8.37. The molecule has 1 heterocycles. The van der Waals surface area contributed by atoms with E-state index in [1.54, 1.807) is 24.3 Å². The zero-order valence-electron chi connectivity index (χ0n) is 13.7. The van der Waals surface area contributed by atoms with E-state index < -0.39 is 0 Å². The molecule has 1 amide bonds. The van der Waals surface area contributed by atoms with Gasteiger partial charge in [-0.3, -0.25) is 4.79 Å². The smallest absolute Gasteiger partial charge is 0.326 e. The molecule has 0 spiro atoms. The molecule has 0 unspecified atom stereocenters. The molecule has 123 valence electrons. The summed E-state index contributed by atoms with van der Waals surface area (Å²) < 4.78 is 0. The number of nitrogens with two attached hydrogens (primary N) is 1. The van der Waals surface area contributed by atoms with Crippen molar-refractivity contribution in [2.75, 3.05) is 13.1 Å². The maximum Gasteiger partial charge on any atom is 0.326 e. The Kier molecular flexibility index (Phi) is 5.33. The molecular formula is C19H22BN2O2. The van der Waals surface area contributed by atoms with Crippen LogP contribution in [0.4, 0.5) is 0 Å². The minimum Gasteiger partial charge on any atom is -0.450 e. The summed E-state index contributed by atoms with van der Waals surface area (Å²) in [5, 5.41) is 9.10. The summed E-state index contributed by atoms with van der Waals surface area (Å²) in [6.07, 6.45) is 1.93. The number of amides is 1. The first kappa shape index (κ1) is 16.7. The fraction of sp³-hybridized carbons (Fsp3) is 0.316. The lowest BCUT2D eigenvalue weighted by Crippen LogP contribution is -2.38. The summed E-state index contributed by atoms with van der Waals surface area (Å²) in [6, 6.07) is 15.5. The van der Waals surface area contributed by atoms with Gasteiger partial charge in [-0.1, -0.05) is 47.9 Å². The molecule has 0 bridgehead atoms. The van der Waals surface area contributed by atoms with Gasteiger partial charge >= 0.3 is 7.48 Å². The van der Waals surface area contributed by atoms with Crippen LogP contribution in [0.1, 0.15) is 40.2 Å². The predicted octanol–water partition coefficient (Wildman–Crippen LogP) is 1.40. The molecule has 3 N–H and O–H groups in total. The minimum atomic E-state index is 0.0351. The highest BCUT2D eigenvalue weighted by Gasteiger charge is 2.24. The first-order valence-electron chi connectivity index (χ1n) is 8.37. The van der Waals surface area contributed by atoms with E-state index in [2.05, 4.69) is 18.2 Å². The molecule has 0 saturated carbocycles. The highest BCUT2D eigenvalue weighted by atomic mass is 16.2. The molecule has 2 aromatic carbocycles. The summed E-state index contributed by atoms with van der Waals surface area (Å²) in [5.74, 6) is 0.519. The van der Waals surface area contributed by atoms with Crippen LogP contribution in [0.5, 0.6) is 0 Å². The molecule has 24 heavy (non-hydrogen) atoms. The molecule has 1 aliphatic heterocycles. The van der Waals surface area contributed by atoms with E-state index in [0.717, 1.165) is 39.0 Å². The third-order valence-electron chi connectivity index (χ3n) is 4.72. The number of hydrogen-bond acceptors (Lipinski definition) is 3. The van der Waals surface area contributed by atoms with Crippen molar-refractivity contribution in [2.24, 2.45) is 5.73 Å². The molecule has 1 radical (unpaired) electrons. The number of carbonyl (C=O) groups is 1. The monoisotopic (exact) mass is 321 g/mol. The molecule has 3 rings (SSSR count). The van der Waals surface area contributed by atoms with Gasteiger partial charge in [-0.2, -0.15) is 0 Å². The highest BCUT2D eigenvalue weighted by molar-refractivity contribution is 6.45. The molecule has 1 aliphatic rings. The second kappa shape index (κ2) is 7.64. The van der Waals surface area contributed by atoms with Gasteiger partial charge < -0.3 is 15.7 Å². The zero-order chi connectivity index (χ0) is 16.9. The van der Waals surface area contributed by atoms with E-state index in [-0.39, 0.29) is 5.91 Å². The second-order valence-corrected chi connectivity index (χ2v) is 6.27. The number of piperidine rings is 1. The van der Waals surface area contributed by atoms with Gasteiger partial charge in [-0.05, 0) is 36.0 Å². The van der Waals surface area contributed by atoms with Crippen LogP contribution < -0.4 is 11.2 Å². The standard InChI is InChI=1S/C19H22BN2O2/c21-13-14-3-1-4-16(11-14)15-7-9-22(10-8-15)19(23)17-5-2-6-18(12-17)20-24/h1-6,11-12,15,24H,7-10,13,21H2. The molecule has 4 nitrogen and oxygen atoms in total. The molecule has 5 heteroatoms. The van der Waals surface area contributed by atoms with E-state index in [1.165, 1.54) is 5.56 Å². The fourth-order valence-corrected chi connectivity index (χ4v) is 3.32. The second-order valence-electron chi connectivity index (χ2n) is 6.27. The number of benzene rings is 2. The number of likely N-dealkylation sites (tertiary alicyclic amines) is 1. The number of hydrogen-bond donors (Lipinski definition) is 2. The number of nitrogens with zero attached hydrogens (tertiary/aromatic N) is 1. The van der Waals surface area contributed by atoms with Crippen molar-refractivity contribution in [2.45, 2.75) is 25.3 Å². The molecule has 0 aromatic heterocycles. The van der Waals surface area contributed by atoms with E-state index >= 15 is 0 Å². The van der Waals surface area contributed by atoms with Gasteiger partial charge in [0, 0.05) is 25.2 Å². The fourth-order valence-electron chi connectivity index (χ4n) is 3.32. The van der Waals surface area contributed by atoms with E-state index in [9.17, 15) is 4.79 Å². The van der Waals surface area contributed by atoms with Gasteiger partial charge in [0.05, 0.1) is 0 Å². The maximum absolute atomic E-state index is 12.6. The number of rotatable bonds is 4. The van der Waals surface area contributed by atoms with Crippen molar-refractivity contribution in [1.29, 1.82) is 0 Å². The number of carbonyl (C=O) groups excluding carboxylic acids is 1. The van der Waals surface area contributed by atoms with Gasteiger partial charge in [0.25, 0.3) is 5.91 Å². The third-order valence-corrected chi connectivity index (χ3v) is 4.72. The average Bonchev–Trinajstić information content (AvgIpc) is 2.67. The molecular weight excluding hydrogens is 299 g/mol. The quantitative estimate of drug-likeness (QED) is 0.837. The SMILES string of the molecule is NCc1cccc(C2CCN(C(=O)c3cccc([B]O)c3)CC2)c1. The van der Waals surface area contributed by atoms with Crippen LogP contribution in [0.15, 0.2) is 48.5 Å². The van der Waals surface area contributed by atoms with Crippen molar-refractivity contribution in [1.82, 2.24) is 4.90 Å². The summed E-state index contributed by atoms with van der Waals surface area (Å²) in [4.78, 5) is 14.5. The van der Waals surface area contributed by atoms with E-state index in [1.807, 2.05) is 11.0 Å². The van der Waals surface area contributed by atoms with Gasteiger partial charge in [0.2, 0.25) is 0 Å². The van der Waals surface area contributed by atoms with Crippen LogP contribution in [-0.4, -0.2) is 36.4 Å². The Morgan fingerprint density at radius 2 is 1.92 bits per heavy atom. The summed E-state index contributed by atoms with van der Waals surface area (Å²) >= 11 is 0. The Morgan fingerprint density at radius 3 is 2.62 bits per heavy atom. The largest absolute Gasteiger partial charge is 0.450 e. The van der Waals surface area contributed by atoms with Crippen LogP contribution in [0.3, 0.4) is 0 Å². The van der Waals surface area contributed by atoms with Crippen molar-refractivity contribution >= 4 is 18.9 Å². The third kappa shape index (κ3) is 3.69. The predicted molar refractivity (Wildman–Crippen MR) is 96.3 cm³/mol. The Labute approximate surface area is 143 Å². The lowest BCUT2D eigenvalue weighted by atomic mass is 9.86. The van der Waals surface area contributed by atoms with Gasteiger partial charge in [0.15, 0.2) is 0 Å². The molecule has 1 saturated heterocycles. The first-order chi connectivity index (χ1) is 11.7. The molecule has 1 fully saturated rings. The molecule has 2 aromatic rings. The highest BCUT2D eigenvalue weighted by Crippen LogP contribution is 2.29. The van der Waals surface area contributed by atoms with Crippen molar-refractivity contribution < 1.29 is 9.82 Å². The Morgan fingerprint density at radius 1 is 1.17 bits per heavy atom. The Balaban J connectivity index is 1.64. The van der Waals surface area contributed by atoms with Crippen LogP contribution in [0.2, 0.25) is 0 Å². The summed E-state index contributed by atoms with van der Waals surface area (Å²) in [5.41, 5.74) is 9.48. The lowest BCUT2D eigenvalue weighted by Gasteiger charge is -2.32. The summed E-state index contributed by atoms with van der Waals surface area (Å²) in [6.45, 7) is 2.07. The van der Waals surface area contributed by atoms with Crippen molar-refractivity contribution in [3.8, 4) is 0 Å². The van der Waals surface area contributed by atoms with Gasteiger partial charge in [0.1, 0.15) is 0 Å². The normalized spacial score (nSPS) is 15.3. The van der Waals surface area contributed by atoms with Crippen LogP contribution >= 0.6 is 0 Å². The topological polar surface area (TPSA) is 66.6 Å². The van der Waals surface area contributed by atoms with Crippen LogP contribution in [-0.2, 0) is 6.54 Å². The molecule has 0 atom stereocenters.